The number of likely N-dealkylation sites (tertiary alicyclic amines) is 1. The predicted octanol–water partition coefficient (Wildman–Crippen LogP) is 5.15. The fraction of sp³-hybridized carbons (Fsp3) is 0.375. The number of carbonyl (C=O) groups excluding carboxylic acids is 3. The van der Waals surface area contributed by atoms with Crippen LogP contribution >= 0.6 is 0 Å². The second-order valence-electron chi connectivity index (χ2n) is 10.5. The lowest BCUT2D eigenvalue weighted by Gasteiger charge is -2.29. The van der Waals surface area contributed by atoms with Crippen molar-refractivity contribution in [3.63, 3.8) is 0 Å². The molecule has 1 unspecified atom stereocenters. The van der Waals surface area contributed by atoms with Gasteiger partial charge in [-0.25, -0.2) is 0 Å². The molecule has 1 fully saturated rings. The summed E-state index contributed by atoms with van der Waals surface area (Å²) in [5.74, 6) is 0.665. The van der Waals surface area contributed by atoms with Crippen LogP contribution in [0.5, 0.6) is 11.5 Å². The molecule has 43 heavy (non-hydrogen) atoms. The molecule has 1 aromatic heterocycles. The van der Waals surface area contributed by atoms with Crippen molar-refractivity contribution >= 4 is 47.2 Å². The monoisotopic (exact) mass is 588 g/mol. The van der Waals surface area contributed by atoms with Crippen molar-refractivity contribution in [2.24, 2.45) is 12.0 Å². The largest absolute Gasteiger partial charge is 0.493 e. The van der Waals surface area contributed by atoms with Gasteiger partial charge in [-0.15, -0.1) is 0 Å². The van der Waals surface area contributed by atoms with Gasteiger partial charge in [0.15, 0.2) is 11.5 Å². The highest BCUT2D eigenvalue weighted by molar-refractivity contribution is 6.04. The van der Waals surface area contributed by atoms with E-state index in [1.165, 1.54) is 0 Å². The lowest BCUT2D eigenvalue weighted by atomic mass is 10.0. The summed E-state index contributed by atoms with van der Waals surface area (Å²) in [6.45, 7) is 2.99. The van der Waals surface area contributed by atoms with Crippen LogP contribution in [0, 0.1) is 6.92 Å². The van der Waals surface area contributed by atoms with Gasteiger partial charge in [0.05, 0.1) is 31.1 Å². The molecule has 11 heteroatoms. The molecule has 1 saturated heterocycles. The van der Waals surface area contributed by atoms with Gasteiger partial charge in [0.1, 0.15) is 5.69 Å². The van der Waals surface area contributed by atoms with E-state index in [-0.39, 0.29) is 24.3 Å². The summed E-state index contributed by atoms with van der Waals surface area (Å²) in [7, 11) is 5.16. The first kappa shape index (κ1) is 31.1. The summed E-state index contributed by atoms with van der Waals surface area (Å²) in [4.78, 5) is 43.2. The Labute approximate surface area is 252 Å². The Morgan fingerprint density at radius 3 is 2.53 bits per heavy atom. The molecule has 0 aliphatic carbocycles. The van der Waals surface area contributed by atoms with Gasteiger partial charge in [-0.1, -0.05) is 0 Å². The van der Waals surface area contributed by atoms with Crippen LogP contribution in [0.4, 0.5) is 22.7 Å². The van der Waals surface area contributed by atoms with Crippen LogP contribution in [-0.4, -0.2) is 67.3 Å². The maximum Gasteiger partial charge on any atom is 0.272 e. The molecule has 0 saturated carbocycles. The molecule has 228 valence electrons. The molecule has 3 amide bonds. The molecule has 1 aliphatic heterocycles. The fourth-order valence-electron chi connectivity index (χ4n) is 4.91. The molecule has 11 nitrogen and oxygen atoms in total. The average molecular weight is 589 g/mol. The van der Waals surface area contributed by atoms with Crippen molar-refractivity contribution in [3.8, 4) is 11.5 Å². The van der Waals surface area contributed by atoms with Gasteiger partial charge >= 0.3 is 0 Å². The van der Waals surface area contributed by atoms with Gasteiger partial charge in [-0.05, 0) is 74.6 Å². The number of benzene rings is 2. The molecule has 0 radical (unpaired) electrons. The van der Waals surface area contributed by atoms with Gasteiger partial charge in [-0.2, -0.15) is 0 Å². The predicted molar refractivity (Wildman–Crippen MR) is 169 cm³/mol. The number of ether oxygens (including phenoxy) is 2. The van der Waals surface area contributed by atoms with E-state index in [2.05, 4.69) is 20.9 Å². The molecule has 0 spiro atoms. The van der Waals surface area contributed by atoms with Gasteiger partial charge < -0.3 is 34.9 Å². The SMILES string of the molecule is CNc1ccc(NC(=O)c2cc(NC(=O)CCCOc3cc(/N=C\C4CCCCN4C=O)c(C)cc3OC)cn2C)cc1. The van der Waals surface area contributed by atoms with Crippen molar-refractivity contribution in [2.45, 2.75) is 45.1 Å². The Kier molecular flexibility index (Phi) is 10.8. The topological polar surface area (TPSA) is 126 Å². The van der Waals surface area contributed by atoms with E-state index in [0.717, 1.165) is 49.2 Å². The van der Waals surface area contributed by atoms with Gasteiger partial charge in [0, 0.05) is 56.9 Å². The number of carbonyl (C=O) groups is 3. The highest BCUT2D eigenvalue weighted by Gasteiger charge is 2.19. The van der Waals surface area contributed by atoms with E-state index < -0.39 is 0 Å². The van der Waals surface area contributed by atoms with Crippen LogP contribution in [-0.2, 0) is 16.6 Å². The first-order chi connectivity index (χ1) is 20.8. The van der Waals surface area contributed by atoms with E-state index in [9.17, 15) is 14.4 Å². The number of hydrogen-bond acceptors (Lipinski definition) is 7. The zero-order chi connectivity index (χ0) is 30.8. The maximum atomic E-state index is 12.8. The van der Waals surface area contributed by atoms with E-state index in [0.29, 0.717) is 41.6 Å². The number of aromatic nitrogens is 1. The number of hydrogen-bond donors (Lipinski definition) is 3. The standard InChI is InChI=1S/C32H40N6O5/c1-22-16-29(42-4)30(18-27(22)34-19-26-8-5-6-14-38(26)21-39)43-15-7-9-31(40)35-25-17-28(37(3)20-25)32(41)36-24-12-10-23(33-2)11-13-24/h10-13,16-21,26,33H,5-9,14-15H2,1-4H3,(H,35,40)(H,36,41)/b34-19-. The third-order valence-electron chi connectivity index (χ3n) is 7.35. The number of nitrogens with zero attached hydrogens (tertiary/aromatic N) is 3. The summed E-state index contributed by atoms with van der Waals surface area (Å²) in [5, 5.41) is 8.76. The Morgan fingerprint density at radius 1 is 1.05 bits per heavy atom. The first-order valence-corrected chi connectivity index (χ1v) is 14.4. The van der Waals surface area contributed by atoms with Gasteiger partial charge in [0.2, 0.25) is 12.3 Å². The number of aryl methyl sites for hydroxylation is 2. The summed E-state index contributed by atoms with van der Waals surface area (Å²) in [6.07, 6.45) is 8.10. The Hall–Kier alpha value is -4.80. The lowest BCUT2D eigenvalue weighted by Crippen LogP contribution is -2.39. The average Bonchev–Trinajstić information content (AvgIpc) is 3.38. The number of piperidine rings is 1. The van der Waals surface area contributed by atoms with Gasteiger partial charge in [-0.3, -0.25) is 19.4 Å². The van der Waals surface area contributed by atoms with Crippen LogP contribution < -0.4 is 25.4 Å². The summed E-state index contributed by atoms with van der Waals surface area (Å²) < 4.78 is 13.1. The van der Waals surface area contributed by atoms with Crippen LogP contribution in [0.1, 0.15) is 48.2 Å². The molecular formula is C32H40N6O5. The fourth-order valence-corrected chi connectivity index (χ4v) is 4.91. The summed E-state index contributed by atoms with van der Waals surface area (Å²) >= 11 is 0. The summed E-state index contributed by atoms with van der Waals surface area (Å²) in [5.41, 5.74) is 4.25. The van der Waals surface area contributed by atoms with Crippen LogP contribution in [0.15, 0.2) is 53.7 Å². The number of amides is 3. The minimum atomic E-state index is -0.274. The van der Waals surface area contributed by atoms with E-state index >= 15 is 0 Å². The number of nitrogens with one attached hydrogen (secondary N) is 3. The second kappa shape index (κ2) is 14.9. The smallest absolute Gasteiger partial charge is 0.272 e. The van der Waals surface area contributed by atoms with Crippen molar-refractivity contribution in [2.75, 3.05) is 43.3 Å². The molecule has 1 atom stereocenters. The highest BCUT2D eigenvalue weighted by atomic mass is 16.5. The molecule has 4 rings (SSSR count). The quantitative estimate of drug-likeness (QED) is 0.144. The molecule has 3 aromatic rings. The van der Waals surface area contributed by atoms with Crippen molar-refractivity contribution in [1.82, 2.24) is 9.47 Å². The van der Waals surface area contributed by atoms with Gasteiger partial charge in [0.25, 0.3) is 5.91 Å². The molecule has 2 aromatic carbocycles. The molecular weight excluding hydrogens is 548 g/mol. The summed E-state index contributed by atoms with van der Waals surface area (Å²) in [6, 6.07) is 12.7. The van der Waals surface area contributed by atoms with Crippen molar-refractivity contribution < 1.29 is 23.9 Å². The minimum absolute atomic E-state index is 0.0126. The maximum absolute atomic E-state index is 12.8. The second-order valence-corrected chi connectivity index (χ2v) is 10.5. The number of anilines is 3. The normalized spacial score (nSPS) is 14.8. The Bertz CT molecular complexity index is 1450. The third-order valence-corrected chi connectivity index (χ3v) is 7.35. The lowest BCUT2D eigenvalue weighted by molar-refractivity contribution is -0.120. The van der Waals surface area contributed by atoms with E-state index in [1.807, 2.05) is 56.6 Å². The number of rotatable bonds is 13. The van der Waals surface area contributed by atoms with Crippen LogP contribution in [0.3, 0.4) is 0 Å². The molecule has 0 bridgehead atoms. The third kappa shape index (κ3) is 8.37. The number of methoxy groups -OCH3 is 1. The van der Waals surface area contributed by atoms with Crippen LogP contribution in [0.25, 0.3) is 0 Å². The molecule has 3 N–H and O–H groups in total. The molecule has 2 heterocycles. The first-order valence-electron chi connectivity index (χ1n) is 14.4. The van der Waals surface area contributed by atoms with Crippen LogP contribution in [0.2, 0.25) is 0 Å². The zero-order valence-electron chi connectivity index (χ0n) is 25.2. The Morgan fingerprint density at radius 2 is 1.81 bits per heavy atom. The van der Waals surface area contributed by atoms with Crippen molar-refractivity contribution in [1.29, 1.82) is 0 Å². The minimum Gasteiger partial charge on any atom is -0.493 e. The number of aliphatic imine (C=N–C) groups is 1. The Balaban J connectivity index is 1.28. The van der Waals surface area contributed by atoms with Crippen molar-refractivity contribution in [3.05, 3.63) is 59.9 Å². The van der Waals surface area contributed by atoms with E-state index in [4.69, 9.17) is 9.47 Å². The van der Waals surface area contributed by atoms with E-state index in [1.54, 1.807) is 35.9 Å². The molecule has 1 aliphatic rings. The zero-order valence-corrected chi connectivity index (χ0v) is 25.2. The highest BCUT2D eigenvalue weighted by Crippen LogP contribution is 2.35.